The molecule has 0 spiro atoms. The number of aromatic nitrogens is 3. The second-order valence-corrected chi connectivity index (χ2v) is 4.77. The number of hydrogen-bond donors (Lipinski definition) is 3. The Morgan fingerprint density at radius 2 is 2.14 bits per heavy atom. The summed E-state index contributed by atoms with van der Waals surface area (Å²) in [6.45, 7) is 0. The van der Waals surface area contributed by atoms with Gasteiger partial charge in [0.15, 0.2) is 0 Å². The minimum atomic E-state index is -1.24. The standard InChI is InChI=1S/C13H11FN4O3/c14-8-5-7(13(20)21)3-4-9(8)15-12(19)11-16-10(17-18-11)6-1-2-6/h3-6H,1-2H2,(H,15,19)(H,20,21)(H,16,17,18). The van der Waals surface area contributed by atoms with Crippen molar-refractivity contribution in [1.29, 1.82) is 0 Å². The number of benzene rings is 1. The fourth-order valence-electron chi connectivity index (χ4n) is 1.84. The van der Waals surface area contributed by atoms with Gasteiger partial charge in [-0.1, -0.05) is 0 Å². The number of H-pyrrole nitrogens is 1. The number of anilines is 1. The van der Waals surface area contributed by atoms with Gasteiger partial charge in [-0.2, -0.15) is 0 Å². The van der Waals surface area contributed by atoms with Gasteiger partial charge in [0.2, 0.25) is 5.82 Å². The largest absolute Gasteiger partial charge is 0.478 e. The van der Waals surface area contributed by atoms with Crippen LogP contribution in [0.5, 0.6) is 0 Å². The third-order valence-corrected chi connectivity index (χ3v) is 3.13. The number of rotatable bonds is 4. The highest BCUT2D eigenvalue weighted by atomic mass is 19.1. The van der Waals surface area contributed by atoms with E-state index in [1.54, 1.807) is 0 Å². The fraction of sp³-hybridized carbons (Fsp3) is 0.231. The van der Waals surface area contributed by atoms with E-state index < -0.39 is 17.7 Å². The zero-order valence-electron chi connectivity index (χ0n) is 10.8. The average molecular weight is 290 g/mol. The average Bonchev–Trinajstić information content (AvgIpc) is 3.18. The number of carboxylic acid groups (broad SMARTS) is 1. The molecule has 108 valence electrons. The number of aromatic amines is 1. The summed E-state index contributed by atoms with van der Waals surface area (Å²) in [6, 6.07) is 3.23. The number of nitrogens with one attached hydrogen (secondary N) is 2. The second-order valence-electron chi connectivity index (χ2n) is 4.77. The van der Waals surface area contributed by atoms with Gasteiger partial charge in [-0.25, -0.2) is 14.2 Å². The van der Waals surface area contributed by atoms with Crippen LogP contribution in [0.2, 0.25) is 0 Å². The molecule has 1 aromatic carbocycles. The summed E-state index contributed by atoms with van der Waals surface area (Å²) in [7, 11) is 0. The monoisotopic (exact) mass is 290 g/mol. The Labute approximate surface area is 118 Å². The lowest BCUT2D eigenvalue weighted by Gasteiger charge is -2.04. The molecule has 1 aliphatic rings. The lowest BCUT2D eigenvalue weighted by molar-refractivity contribution is 0.0696. The number of carboxylic acids is 1. The summed E-state index contributed by atoms with van der Waals surface area (Å²) >= 11 is 0. The van der Waals surface area contributed by atoms with Gasteiger partial charge in [-0.15, -0.1) is 5.10 Å². The summed E-state index contributed by atoms with van der Waals surface area (Å²) in [4.78, 5) is 26.7. The van der Waals surface area contributed by atoms with E-state index >= 15 is 0 Å². The highest BCUT2D eigenvalue weighted by molar-refractivity contribution is 6.01. The first-order chi connectivity index (χ1) is 10.0. The van der Waals surface area contributed by atoms with E-state index in [1.807, 2.05) is 0 Å². The first kappa shape index (κ1) is 13.2. The molecule has 0 radical (unpaired) electrons. The normalized spacial score (nSPS) is 14.0. The maximum atomic E-state index is 13.7. The fourth-order valence-corrected chi connectivity index (χ4v) is 1.84. The summed E-state index contributed by atoms with van der Waals surface area (Å²) in [5, 5.41) is 17.5. The molecule has 0 atom stereocenters. The van der Waals surface area contributed by atoms with E-state index in [1.165, 1.54) is 12.1 Å². The van der Waals surface area contributed by atoms with Crippen LogP contribution < -0.4 is 5.32 Å². The first-order valence-electron chi connectivity index (χ1n) is 6.31. The molecule has 7 nitrogen and oxygen atoms in total. The van der Waals surface area contributed by atoms with Crippen LogP contribution in [0.3, 0.4) is 0 Å². The molecule has 1 heterocycles. The Morgan fingerprint density at radius 3 is 2.76 bits per heavy atom. The van der Waals surface area contributed by atoms with Crippen LogP contribution in [0.4, 0.5) is 10.1 Å². The van der Waals surface area contributed by atoms with Crippen molar-refractivity contribution in [3.63, 3.8) is 0 Å². The van der Waals surface area contributed by atoms with Crippen molar-refractivity contribution >= 4 is 17.6 Å². The quantitative estimate of drug-likeness (QED) is 0.795. The predicted octanol–water partition coefficient (Wildman–Crippen LogP) is 1.77. The number of hydrogen-bond acceptors (Lipinski definition) is 4. The van der Waals surface area contributed by atoms with Crippen molar-refractivity contribution in [3.8, 4) is 0 Å². The van der Waals surface area contributed by atoms with Crippen LogP contribution in [0.1, 0.15) is 45.6 Å². The molecule has 0 bridgehead atoms. The van der Waals surface area contributed by atoms with Crippen LogP contribution in [-0.4, -0.2) is 32.2 Å². The highest BCUT2D eigenvalue weighted by Gasteiger charge is 2.28. The van der Waals surface area contributed by atoms with E-state index in [4.69, 9.17) is 5.11 Å². The molecule has 1 saturated carbocycles. The molecular formula is C13H11FN4O3. The van der Waals surface area contributed by atoms with E-state index in [9.17, 15) is 14.0 Å². The van der Waals surface area contributed by atoms with Gasteiger partial charge in [-0.3, -0.25) is 9.89 Å². The van der Waals surface area contributed by atoms with Gasteiger partial charge in [0.25, 0.3) is 5.91 Å². The molecule has 0 saturated heterocycles. The van der Waals surface area contributed by atoms with Crippen molar-refractivity contribution in [1.82, 2.24) is 15.2 Å². The van der Waals surface area contributed by atoms with Crippen molar-refractivity contribution < 1.29 is 19.1 Å². The molecule has 2 aromatic rings. The molecule has 1 aliphatic carbocycles. The Balaban J connectivity index is 1.75. The molecule has 1 fully saturated rings. The van der Waals surface area contributed by atoms with Crippen LogP contribution in [0.25, 0.3) is 0 Å². The minimum absolute atomic E-state index is 0.0707. The molecule has 1 aromatic heterocycles. The van der Waals surface area contributed by atoms with E-state index in [2.05, 4.69) is 20.5 Å². The van der Waals surface area contributed by atoms with Gasteiger partial charge in [0.05, 0.1) is 11.3 Å². The first-order valence-corrected chi connectivity index (χ1v) is 6.31. The lowest BCUT2D eigenvalue weighted by atomic mass is 10.2. The zero-order chi connectivity index (χ0) is 15.0. The highest BCUT2D eigenvalue weighted by Crippen LogP contribution is 2.37. The molecule has 8 heteroatoms. The summed E-state index contributed by atoms with van der Waals surface area (Å²) in [5.41, 5.74) is -0.317. The number of carbonyl (C=O) groups excluding carboxylic acids is 1. The molecular weight excluding hydrogens is 279 g/mol. The van der Waals surface area contributed by atoms with Crippen LogP contribution >= 0.6 is 0 Å². The molecule has 3 N–H and O–H groups in total. The van der Waals surface area contributed by atoms with Gasteiger partial charge in [0, 0.05) is 5.92 Å². The third kappa shape index (κ3) is 2.73. The van der Waals surface area contributed by atoms with Crippen LogP contribution in [0, 0.1) is 5.82 Å². The Kier molecular flexibility index (Phi) is 3.13. The maximum absolute atomic E-state index is 13.7. The molecule has 0 unspecified atom stereocenters. The Hall–Kier alpha value is -2.77. The number of nitrogens with zero attached hydrogens (tertiary/aromatic N) is 2. The van der Waals surface area contributed by atoms with Gasteiger partial charge >= 0.3 is 5.97 Å². The number of halogens is 1. The van der Waals surface area contributed by atoms with Crippen molar-refractivity contribution in [2.24, 2.45) is 0 Å². The van der Waals surface area contributed by atoms with Gasteiger partial charge < -0.3 is 10.4 Å². The number of aromatic carboxylic acids is 1. The maximum Gasteiger partial charge on any atom is 0.335 e. The summed E-state index contributed by atoms with van der Waals surface area (Å²) in [6.07, 6.45) is 2.03. The van der Waals surface area contributed by atoms with E-state index in [-0.39, 0.29) is 17.1 Å². The Bertz CT molecular complexity index is 724. The van der Waals surface area contributed by atoms with E-state index in [0.717, 1.165) is 18.9 Å². The topological polar surface area (TPSA) is 108 Å². The third-order valence-electron chi connectivity index (χ3n) is 3.13. The zero-order valence-corrected chi connectivity index (χ0v) is 10.8. The van der Waals surface area contributed by atoms with Crippen molar-refractivity contribution in [3.05, 3.63) is 41.2 Å². The SMILES string of the molecule is O=C(O)c1ccc(NC(=O)c2n[nH]c(C3CC3)n2)c(F)c1. The molecule has 1 amide bonds. The van der Waals surface area contributed by atoms with Crippen molar-refractivity contribution in [2.75, 3.05) is 5.32 Å². The van der Waals surface area contributed by atoms with Crippen molar-refractivity contribution in [2.45, 2.75) is 18.8 Å². The van der Waals surface area contributed by atoms with Crippen LogP contribution in [0.15, 0.2) is 18.2 Å². The Morgan fingerprint density at radius 1 is 1.38 bits per heavy atom. The van der Waals surface area contributed by atoms with Crippen LogP contribution in [-0.2, 0) is 0 Å². The number of carbonyl (C=O) groups is 2. The predicted molar refractivity (Wildman–Crippen MR) is 69.7 cm³/mol. The summed E-state index contributed by atoms with van der Waals surface area (Å²) < 4.78 is 13.7. The second kappa shape index (κ2) is 4.97. The molecule has 21 heavy (non-hydrogen) atoms. The van der Waals surface area contributed by atoms with Gasteiger partial charge in [0.1, 0.15) is 11.6 Å². The smallest absolute Gasteiger partial charge is 0.335 e. The van der Waals surface area contributed by atoms with Gasteiger partial charge in [-0.05, 0) is 31.0 Å². The lowest BCUT2D eigenvalue weighted by Crippen LogP contribution is -2.15. The molecule has 3 rings (SSSR count). The minimum Gasteiger partial charge on any atom is -0.478 e. The number of amides is 1. The van der Waals surface area contributed by atoms with E-state index in [0.29, 0.717) is 11.7 Å². The molecule has 0 aliphatic heterocycles. The summed E-state index contributed by atoms with van der Waals surface area (Å²) in [5.74, 6) is -1.82.